The van der Waals surface area contributed by atoms with Gasteiger partial charge < -0.3 is 25.0 Å². The first kappa shape index (κ1) is 27.0. The molecule has 214 valence electrons. The Labute approximate surface area is 235 Å². The number of carbonyl (C=O) groups excluding carboxylic acids is 2. The van der Waals surface area contributed by atoms with Crippen LogP contribution in [0.25, 0.3) is 0 Å². The molecule has 1 aromatic heterocycles. The monoisotopic (exact) mass is 548 g/mol. The lowest BCUT2D eigenvalue weighted by molar-refractivity contribution is -0.129. The first-order valence-corrected chi connectivity index (χ1v) is 14.8. The zero-order chi connectivity index (χ0) is 27.6. The van der Waals surface area contributed by atoms with Gasteiger partial charge in [0.2, 0.25) is 5.91 Å². The van der Waals surface area contributed by atoms with Crippen molar-refractivity contribution < 1.29 is 19.4 Å². The van der Waals surface area contributed by atoms with E-state index < -0.39 is 6.10 Å². The lowest BCUT2D eigenvalue weighted by atomic mass is 9.94. The Morgan fingerprint density at radius 1 is 0.975 bits per heavy atom. The minimum absolute atomic E-state index is 0.0263. The van der Waals surface area contributed by atoms with E-state index in [0.29, 0.717) is 31.9 Å². The molecule has 2 amide bonds. The van der Waals surface area contributed by atoms with Gasteiger partial charge in [0.25, 0.3) is 5.91 Å². The molecule has 2 saturated heterocycles. The highest BCUT2D eigenvalue weighted by Gasteiger charge is 2.36. The van der Waals surface area contributed by atoms with Crippen LogP contribution in [0.4, 0.5) is 5.82 Å². The Kier molecular flexibility index (Phi) is 7.89. The van der Waals surface area contributed by atoms with Gasteiger partial charge >= 0.3 is 6.01 Å². The van der Waals surface area contributed by atoms with Crippen LogP contribution in [0.2, 0.25) is 0 Å². The van der Waals surface area contributed by atoms with Crippen LogP contribution in [-0.2, 0) is 17.8 Å². The summed E-state index contributed by atoms with van der Waals surface area (Å²) in [6.07, 6.45) is 5.84. The third kappa shape index (κ3) is 5.93. The Hall–Kier alpha value is -3.24. The summed E-state index contributed by atoms with van der Waals surface area (Å²) in [5, 5.41) is 14.6. The van der Waals surface area contributed by atoms with Gasteiger partial charge in [0, 0.05) is 64.3 Å². The highest BCUT2D eigenvalue weighted by molar-refractivity contribution is 5.93. The summed E-state index contributed by atoms with van der Waals surface area (Å²) in [6, 6.07) is 10.6. The number of rotatable bonds is 6. The van der Waals surface area contributed by atoms with Crippen molar-refractivity contribution in [2.24, 2.45) is 0 Å². The van der Waals surface area contributed by atoms with E-state index in [1.54, 1.807) is 17.9 Å². The van der Waals surface area contributed by atoms with Gasteiger partial charge in [-0.25, -0.2) is 0 Å². The molecule has 3 aliphatic heterocycles. The van der Waals surface area contributed by atoms with E-state index >= 15 is 0 Å². The van der Waals surface area contributed by atoms with Crippen LogP contribution in [0.3, 0.4) is 0 Å². The molecule has 2 atom stereocenters. The van der Waals surface area contributed by atoms with Gasteiger partial charge in [0.15, 0.2) is 0 Å². The number of carbonyl (C=O) groups is 2. The molecule has 40 heavy (non-hydrogen) atoms. The van der Waals surface area contributed by atoms with Crippen molar-refractivity contribution in [3.05, 3.63) is 47.2 Å². The average molecular weight is 549 g/mol. The largest absolute Gasteiger partial charge is 0.460 e. The molecule has 6 rings (SSSR count). The summed E-state index contributed by atoms with van der Waals surface area (Å²) >= 11 is 0. The minimum atomic E-state index is -0.625. The second kappa shape index (κ2) is 11.7. The summed E-state index contributed by atoms with van der Waals surface area (Å²) in [6.45, 7) is 5.59. The molecule has 0 unspecified atom stereocenters. The fourth-order valence-electron chi connectivity index (χ4n) is 6.34. The minimum Gasteiger partial charge on any atom is -0.460 e. The standard InChI is InChI=1S/C30H40N6O4/c1-20(37)34-14-10-23(11-15-34)31-28-17-25(32-30(33-28)40-24-7-4-8-24)29(39)36-16-12-26(27(38)19-36)35-13-9-21-5-2-3-6-22(21)18-35/h2-3,5-6,17,23-24,26-27,38H,4,7-16,18-19H2,1H3,(H,31,32,33)/t26-,27-/m1/s1. The fourth-order valence-corrected chi connectivity index (χ4v) is 6.34. The lowest BCUT2D eigenvalue weighted by Crippen LogP contribution is -2.56. The van der Waals surface area contributed by atoms with Gasteiger partial charge in [-0.3, -0.25) is 14.5 Å². The van der Waals surface area contributed by atoms with Crippen molar-refractivity contribution in [1.82, 2.24) is 24.7 Å². The van der Waals surface area contributed by atoms with E-state index in [4.69, 9.17) is 4.74 Å². The first-order valence-electron chi connectivity index (χ1n) is 14.8. The number of fused-ring (bicyclic) bond motifs is 1. The molecule has 2 aromatic rings. The summed E-state index contributed by atoms with van der Waals surface area (Å²) in [5.74, 6) is 0.453. The number of aromatic nitrogens is 2. The topological polar surface area (TPSA) is 111 Å². The van der Waals surface area contributed by atoms with Gasteiger partial charge in [-0.05, 0) is 56.1 Å². The highest BCUT2D eigenvalue weighted by Crippen LogP contribution is 2.28. The Bertz CT molecular complexity index is 1230. The lowest BCUT2D eigenvalue weighted by Gasteiger charge is -2.43. The van der Waals surface area contributed by atoms with Crippen LogP contribution < -0.4 is 10.1 Å². The van der Waals surface area contributed by atoms with Crippen molar-refractivity contribution in [3.63, 3.8) is 0 Å². The maximum Gasteiger partial charge on any atom is 0.319 e. The van der Waals surface area contributed by atoms with E-state index in [2.05, 4.69) is 44.5 Å². The van der Waals surface area contributed by atoms with Crippen LogP contribution >= 0.6 is 0 Å². The number of hydrogen-bond donors (Lipinski definition) is 2. The van der Waals surface area contributed by atoms with Crippen LogP contribution in [0.1, 0.15) is 67.1 Å². The maximum atomic E-state index is 13.7. The number of nitrogens with one attached hydrogen (secondary N) is 1. The van der Waals surface area contributed by atoms with Gasteiger partial charge in [0.05, 0.1) is 6.10 Å². The zero-order valence-corrected chi connectivity index (χ0v) is 23.3. The summed E-state index contributed by atoms with van der Waals surface area (Å²) in [4.78, 5) is 40.4. The number of aliphatic hydroxyl groups is 1. The van der Waals surface area contributed by atoms with Gasteiger partial charge in [-0.1, -0.05) is 24.3 Å². The van der Waals surface area contributed by atoms with Crippen LogP contribution in [-0.4, -0.2) is 98.6 Å². The molecule has 3 fully saturated rings. The van der Waals surface area contributed by atoms with Crippen molar-refractivity contribution in [3.8, 4) is 6.01 Å². The molecule has 1 aromatic carbocycles. The molecule has 4 aliphatic rings. The molecule has 0 radical (unpaired) electrons. The predicted octanol–water partition coefficient (Wildman–Crippen LogP) is 2.46. The average Bonchev–Trinajstić information content (AvgIpc) is 2.94. The van der Waals surface area contributed by atoms with E-state index in [1.807, 2.05) is 4.90 Å². The molecular formula is C30H40N6O4. The number of aliphatic hydroxyl groups excluding tert-OH is 1. The number of anilines is 1. The molecule has 4 heterocycles. The smallest absolute Gasteiger partial charge is 0.319 e. The van der Waals surface area contributed by atoms with Crippen molar-refractivity contribution in [1.29, 1.82) is 0 Å². The molecule has 2 N–H and O–H groups in total. The predicted molar refractivity (Wildman–Crippen MR) is 150 cm³/mol. The molecule has 1 aliphatic carbocycles. The number of nitrogens with zero attached hydrogens (tertiary/aromatic N) is 5. The van der Waals surface area contributed by atoms with Crippen LogP contribution in [0.15, 0.2) is 30.3 Å². The number of benzene rings is 1. The van der Waals surface area contributed by atoms with Gasteiger partial charge in [-0.15, -0.1) is 0 Å². The second-order valence-electron chi connectivity index (χ2n) is 11.7. The summed E-state index contributed by atoms with van der Waals surface area (Å²) in [7, 11) is 0. The second-order valence-corrected chi connectivity index (χ2v) is 11.7. The molecular weight excluding hydrogens is 508 g/mol. The normalized spacial score (nSPS) is 24.2. The SMILES string of the molecule is CC(=O)N1CCC(Nc2cc(C(=O)N3CC[C@@H](N4CCc5ccccc5C4)[C@H](O)C3)nc(OC3CCC3)n2)CC1. The Morgan fingerprint density at radius 3 is 2.42 bits per heavy atom. The molecule has 0 bridgehead atoms. The van der Waals surface area contributed by atoms with E-state index in [0.717, 1.165) is 51.6 Å². The summed E-state index contributed by atoms with van der Waals surface area (Å²) < 4.78 is 6.01. The van der Waals surface area contributed by atoms with Crippen LogP contribution in [0.5, 0.6) is 6.01 Å². The molecule has 1 saturated carbocycles. The summed E-state index contributed by atoms with van der Waals surface area (Å²) in [5.41, 5.74) is 3.00. The molecule has 10 nitrogen and oxygen atoms in total. The number of amides is 2. The Balaban J connectivity index is 1.12. The Morgan fingerprint density at radius 2 is 1.73 bits per heavy atom. The van der Waals surface area contributed by atoms with Crippen molar-refractivity contribution in [2.45, 2.75) is 82.7 Å². The highest BCUT2D eigenvalue weighted by atomic mass is 16.5. The number of ether oxygens (including phenoxy) is 1. The third-order valence-corrected chi connectivity index (χ3v) is 9.00. The first-order chi connectivity index (χ1) is 19.4. The van der Waals surface area contributed by atoms with E-state index in [1.165, 1.54) is 11.1 Å². The zero-order valence-electron chi connectivity index (χ0n) is 23.3. The van der Waals surface area contributed by atoms with Crippen LogP contribution in [0, 0.1) is 0 Å². The quantitative estimate of drug-likeness (QED) is 0.567. The van der Waals surface area contributed by atoms with Crippen molar-refractivity contribution in [2.75, 3.05) is 38.0 Å². The maximum absolute atomic E-state index is 13.7. The number of piperidine rings is 2. The van der Waals surface area contributed by atoms with Gasteiger partial charge in [-0.2, -0.15) is 9.97 Å². The number of β-amino-alcohol motifs (C(OH)–C–C–N with tert-alkyl or cyclic N) is 1. The number of hydrogen-bond acceptors (Lipinski definition) is 8. The third-order valence-electron chi connectivity index (χ3n) is 9.00. The van der Waals surface area contributed by atoms with E-state index in [-0.39, 0.29) is 48.3 Å². The molecule has 10 heteroatoms. The molecule has 0 spiro atoms. The number of likely N-dealkylation sites (tertiary alicyclic amines) is 2. The van der Waals surface area contributed by atoms with Crippen molar-refractivity contribution >= 4 is 17.6 Å². The fraction of sp³-hybridized carbons (Fsp3) is 0.600. The van der Waals surface area contributed by atoms with Gasteiger partial charge in [0.1, 0.15) is 17.6 Å². The van der Waals surface area contributed by atoms with E-state index in [9.17, 15) is 14.7 Å².